The highest BCUT2D eigenvalue weighted by Crippen LogP contribution is 2.38. The van der Waals surface area contributed by atoms with E-state index < -0.39 is 5.82 Å². The SMILES string of the molecule is Cc1ccc([C@H](c2cccs2)N2CCNCC2)c(O)c1F.Cl.Cl. The van der Waals surface area contributed by atoms with Crippen LogP contribution >= 0.6 is 36.2 Å². The van der Waals surface area contributed by atoms with E-state index in [0.717, 1.165) is 31.1 Å². The fourth-order valence-electron chi connectivity index (χ4n) is 2.82. The molecule has 1 aromatic carbocycles. The average molecular weight is 379 g/mol. The van der Waals surface area contributed by atoms with Crippen LogP contribution in [0.2, 0.25) is 0 Å². The first-order valence-corrected chi connectivity index (χ1v) is 8.02. The van der Waals surface area contributed by atoms with Gasteiger partial charge in [-0.3, -0.25) is 4.90 Å². The van der Waals surface area contributed by atoms with Gasteiger partial charge < -0.3 is 10.4 Å². The van der Waals surface area contributed by atoms with Gasteiger partial charge in [0.1, 0.15) is 0 Å². The van der Waals surface area contributed by atoms with Crippen LogP contribution in [0.1, 0.15) is 22.0 Å². The van der Waals surface area contributed by atoms with E-state index in [1.54, 1.807) is 24.3 Å². The number of aryl methyl sites for hydroxylation is 1. The zero-order valence-electron chi connectivity index (χ0n) is 12.8. The predicted octanol–water partition coefficient (Wildman–Crippen LogP) is 3.74. The molecule has 1 aromatic heterocycles. The Balaban J connectivity index is 0.00000132. The number of aromatic hydroxyl groups is 1. The minimum absolute atomic E-state index is 0. The van der Waals surface area contributed by atoms with Crippen molar-refractivity contribution in [2.24, 2.45) is 0 Å². The number of thiophene rings is 1. The van der Waals surface area contributed by atoms with Gasteiger partial charge in [-0.15, -0.1) is 36.2 Å². The summed E-state index contributed by atoms with van der Waals surface area (Å²) >= 11 is 1.64. The molecule has 1 aliphatic heterocycles. The lowest BCUT2D eigenvalue weighted by Crippen LogP contribution is -2.45. The molecule has 0 spiro atoms. The van der Waals surface area contributed by atoms with E-state index in [4.69, 9.17) is 0 Å². The highest BCUT2D eigenvalue weighted by atomic mass is 35.5. The monoisotopic (exact) mass is 378 g/mol. The number of nitrogens with one attached hydrogen (secondary N) is 1. The third kappa shape index (κ3) is 4.17. The number of nitrogens with zero attached hydrogens (tertiary/aromatic N) is 1. The third-order valence-electron chi connectivity index (χ3n) is 3.96. The van der Waals surface area contributed by atoms with Crippen molar-refractivity contribution in [3.63, 3.8) is 0 Å². The minimum atomic E-state index is -0.510. The van der Waals surface area contributed by atoms with Gasteiger partial charge in [-0.05, 0) is 23.9 Å². The smallest absolute Gasteiger partial charge is 0.168 e. The number of rotatable bonds is 3. The molecule has 1 aliphatic rings. The molecule has 1 fully saturated rings. The molecule has 0 saturated carbocycles. The van der Waals surface area contributed by atoms with E-state index >= 15 is 0 Å². The average Bonchev–Trinajstić information content (AvgIpc) is 3.03. The normalized spacial score (nSPS) is 16.3. The largest absolute Gasteiger partial charge is 0.505 e. The fraction of sp³-hybridized carbons (Fsp3) is 0.375. The van der Waals surface area contributed by atoms with Crippen LogP contribution in [0, 0.1) is 12.7 Å². The summed E-state index contributed by atoms with van der Waals surface area (Å²) in [5, 5.41) is 15.6. The second-order valence-electron chi connectivity index (χ2n) is 5.34. The second kappa shape index (κ2) is 8.85. The van der Waals surface area contributed by atoms with Crippen molar-refractivity contribution in [2.45, 2.75) is 13.0 Å². The first kappa shape index (κ1) is 20.2. The number of hydrogen-bond donors (Lipinski definition) is 2. The van der Waals surface area contributed by atoms with E-state index in [1.165, 1.54) is 0 Å². The van der Waals surface area contributed by atoms with Crippen molar-refractivity contribution in [3.8, 4) is 5.75 Å². The molecule has 0 bridgehead atoms. The number of hydrogen-bond acceptors (Lipinski definition) is 4. The van der Waals surface area contributed by atoms with Crippen molar-refractivity contribution >= 4 is 36.2 Å². The molecule has 3 rings (SSSR count). The second-order valence-corrected chi connectivity index (χ2v) is 6.32. The summed E-state index contributed by atoms with van der Waals surface area (Å²) < 4.78 is 14.1. The zero-order valence-corrected chi connectivity index (χ0v) is 15.2. The van der Waals surface area contributed by atoms with Crippen LogP contribution in [-0.4, -0.2) is 36.2 Å². The molecule has 128 valence electrons. The van der Waals surface area contributed by atoms with Crippen molar-refractivity contribution in [3.05, 3.63) is 51.5 Å². The standard InChI is InChI=1S/C16H19FN2OS.2ClH/c1-11-4-5-12(16(20)14(11)17)15(13-3-2-10-21-13)19-8-6-18-7-9-19;;/h2-5,10,15,18,20H,6-9H2,1H3;2*1H/t15-;;/m1../s1. The molecule has 0 aliphatic carbocycles. The van der Waals surface area contributed by atoms with Crippen LogP contribution in [0.15, 0.2) is 29.6 Å². The maximum Gasteiger partial charge on any atom is 0.168 e. The van der Waals surface area contributed by atoms with Crippen LogP contribution < -0.4 is 5.32 Å². The summed E-state index contributed by atoms with van der Waals surface area (Å²) in [6, 6.07) is 7.56. The first-order chi connectivity index (χ1) is 10.2. The van der Waals surface area contributed by atoms with E-state index in [0.29, 0.717) is 11.1 Å². The lowest BCUT2D eigenvalue weighted by Gasteiger charge is -2.35. The van der Waals surface area contributed by atoms with Gasteiger partial charge in [0, 0.05) is 36.6 Å². The van der Waals surface area contributed by atoms with Gasteiger partial charge in [-0.25, -0.2) is 4.39 Å². The van der Waals surface area contributed by atoms with Crippen molar-refractivity contribution < 1.29 is 9.50 Å². The Labute approximate surface area is 152 Å². The van der Waals surface area contributed by atoms with Crippen molar-refractivity contribution in [2.75, 3.05) is 26.2 Å². The van der Waals surface area contributed by atoms with Gasteiger partial charge >= 0.3 is 0 Å². The van der Waals surface area contributed by atoms with Crippen LogP contribution in [-0.2, 0) is 0 Å². The van der Waals surface area contributed by atoms with Crippen LogP contribution in [0.5, 0.6) is 5.75 Å². The summed E-state index contributed by atoms with van der Waals surface area (Å²) in [7, 11) is 0. The van der Waals surface area contributed by atoms with E-state index in [1.807, 2.05) is 17.5 Å². The minimum Gasteiger partial charge on any atom is -0.505 e. The predicted molar refractivity (Wildman–Crippen MR) is 97.9 cm³/mol. The highest BCUT2D eigenvalue weighted by molar-refractivity contribution is 7.10. The maximum absolute atomic E-state index is 14.1. The van der Waals surface area contributed by atoms with Crippen LogP contribution in [0.3, 0.4) is 0 Å². The molecular formula is C16H21Cl2FN2OS. The van der Waals surface area contributed by atoms with Crippen molar-refractivity contribution in [1.29, 1.82) is 0 Å². The Bertz CT molecular complexity index is 619. The highest BCUT2D eigenvalue weighted by Gasteiger charge is 2.28. The van der Waals surface area contributed by atoms with Gasteiger partial charge in [0.05, 0.1) is 6.04 Å². The Hall–Kier alpha value is -0.850. The van der Waals surface area contributed by atoms with Gasteiger partial charge in [0.2, 0.25) is 0 Å². The van der Waals surface area contributed by atoms with Gasteiger partial charge in [0.25, 0.3) is 0 Å². The molecule has 3 nitrogen and oxygen atoms in total. The van der Waals surface area contributed by atoms with Crippen molar-refractivity contribution in [1.82, 2.24) is 10.2 Å². The third-order valence-corrected chi connectivity index (χ3v) is 4.89. The molecule has 23 heavy (non-hydrogen) atoms. The van der Waals surface area contributed by atoms with Gasteiger partial charge in [-0.2, -0.15) is 0 Å². The molecule has 2 N–H and O–H groups in total. The quantitative estimate of drug-likeness (QED) is 0.853. The Kier molecular flexibility index (Phi) is 7.77. The number of halogens is 3. The Morgan fingerprint density at radius 1 is 1.22 bits per heavy atom. The Morgan fingerprint density at radius 2 is 1.91 bits per heavy atom. The molecule has 2 aromatic rings. The number of phenolic OH excluding ortho intramolecular Hbond substituents is 1. The summed E-state index contributed by atoms with van der Waals surface area (Å²) in [4.78, 5) is 3.43. The topological polar surface area (TPSA) is 35.5 Å². The lowest BCUT2D eigenvalue weighted by molar-refractivity contribution is 0.197. The number of phenols is 1. The molecule has 0 unspecified atom stereocenters. The maximum atomic E-state index is 14.1. The molecule has 0 radical (unpaired) electrons. The number of benzene rings is 1. The zero-order chi connectivity index (χ0) is 14.8. The molecule has 7 heteroatoms. The van der Waals surface area contributed by atoms with E-state index in [9.17, 15) is 9.50 Å². The first-order valence-electron chi connectivity index (χ1n) is 7.14. The van der Waals surface area contributed by atoms with Gasteiger partial charge in [-0.1, -0.05) is 18.2 Å². The summed E-state index contributed by atoms with van der Waals surface area (Å²) in [6.45, 7) is 5.27. The molecule has 1 atom stereocenters. The fourth-order valence-corrected chi connectivity index (χ4v) is 3.69. The number of piperazine rings is 1. The molecule has 0 amide bonds. The molecule has 2 heterocycles. The lowest BCUT2D eigenvalue weighted by atomic mass is 9.99. The summed E-state index contributed by atoms with van der Waals surface area (Å²) in [5.41, 5.74) is 1.13. The molecular weight excluding hydrogens is 358 g/mol. The van der Waals surface area contributed by atoms with E-state index in [2.05, 4.69) is 16.3 Å². The van der Waals surface area contributed by atoms with Crippen LogP contribution in [0.25, 0.3) is 0 Å². The molecule has 1 saturated heterocycles. The summed E-state index contributed by atoms with van der Waals surface area (Å²) in [6.07, 6.45) is 0. The summed E-state index contributed by atoms with van der Waals surface area (Å²) in [5.74, 6) is -0.726. The van der Waals surface area contributed by atoms with Crippen LogP contribution in [0.4, 0.5) is 4.39 Å². The Morgan fingerprint density at radius 3 is 2.52 bits per heavy atom. The van der Waals surface area contributed by atoms with Gasteiger partial charge in [0.15, 0.2) is 11.6 Å². The van der Waals surface area contributed by atoms with E-state index in [-0.39, 0.29) is 36.6 Å².